The van der Waals surface area contributed by atoms with E-state index in [9.17, 15) is 4.79 Å². The van der Waals surface area contributed by atoms with Crippen LogP contribution in [0.3, 0.4) is 0 Å². The summed E-state index contributed by atoms with van der Waals surface area (Å²) in [6, 6.07) is 21.5. The topological polar surface area (TPSA) is 57.1 Å². The number of hydrogen-bond acceptors (Lipinski definition) is 5. The second-order valence-corrected chi connectivity index (χ2v) is 5.62. The van der Waals surface area contributed by atoms with Gasteiger partial charge in [0.25, 0.3) is 0 Å². The number of carbonyl (C=O) groups excluding carboxylic acids is 1. The summed E-state index contributed by atoms with van der Waals surface area (Å²) in [6.07, 6.45) is 1.72. The van der Waals surface area contributed by atoms with Crippen molar-refractivity contribution in [2.24, 2.45) is 4.99 Å². The van der Waals surface area contributed by atoms with Gasteiger partial charge in [-0.2, -0.15) is 0 Å². The molecule has 3 aromatic carbocycles. The van der Waals surface area contributed by atoms with Crippen molar-refractivity contribution in [3.63, 3.8) is 0 Å². The molecule has 0 aromatic heterocycles. The first-order valence-electron chi connectivity index (χ1n) is 8.33. The average Bonchev–Trinajstić information content (AvgIpc) is 2.74. The van der Waals surface area contributed by atoms with Gasteiger partial charge in [-0.15, -0.1) is 0 Å². The highest BCUT2D eigenvalue weighted by molar-refractivity contribution is 5.91. The third kappa shape index (κ3) is 4.73. The lowest BCUT2D eigenvalue weighted by molar-refractivity contribution is 0.0729. The summed E-state index contributed by atoms with van der Waals surface area (Å²) in [4.78, 5) is 16.6. The van der Waals surface area contributed by atoms with Gasteiger partial charge in [0.1, 0.15) is 5.75 Å². The fourth-order valence-electron chi connectivity index (χ4n) is 2.40. The van der Waals surface area contributed by atoms with Crippen LogP contribution in [0.1, 0.15) is 15.9 Å². The molecular formula is C22H19NO4. The molecule has 0 saturated carbocycles. The molecule has 5 nitrogen and oxygen atoms in total. The monoisotopic (exact) mass is 361 g/mol. The lowest BCUT2D eigenvalue weighted by atomic mass is 10.2. The zero-order valence-electron chi connectivity index (χ0n) is 15.1. The zero-order chi connectivity index (χ0) is 19.1. The molecule has 0 saturated heterocycles. The molecule has 3 rings (SSSR count). The Bertz CT molecular complexity index is 934. The smallest absolute Gasteiger partial charge is 0.343 e. The number of benzene rings is 3. The Labute approximate surface area is 157 Å². The van der Waals surface area contributed by atoms with Crippen LogP contribution in [0, 0.1) is 0 Å². The van der Waals surface area contributed by atoms with Crippen LogP contribution in [-0.4, -0.2) is 26.4 Å². The van der Waals surface area contributed by atoms with Crippen LogP contribution < -0.4 is 14.2 Å². The van der Waals surface area contributed by atoms with E-state index in [-0.39, 0.29) is 0 Å². The van der Waals surface area contributed by atoms with Crippen molar-refractivity contribution < 1.29 is 19.0 Å². The van der Waals surface area contributed by atoms with E-state index in [1.54, 1.807) is 49.7 Å². The second kappa shape index (κ2) is 8.67. The van der Waals surface area contributed by atoms with Crippen molar-refractivity contribution >= 4 is 17.9 Å². The number of esters is 1. The van der Waals surface area contributed by atoms with Crippen molar-refractivity contribution in [2.45, 2.75) is 0 Å². The molecule has 0 fully saturated rings. The molecule has 0 atom stereocenters. The normalized spacial score (nSPS) is 10.6. The summed E-state index contributed by atoms with van der Waals surface area (Å²) >= 11 is 0. The van der Waals surface area contributed by atoms with Crippen LogP contribution in [0.5, 0.6) is 17.2 Å². The lowest BCUT2D eigenvalue weighted by Crippen LogP contribution is -2.09. The Kier molecular flexibility index (Phi) is 5.84. The zero-order valence-corrected chi connectivity index (χ0v) is 15.1. The Morgan fingerprint density at radius 3 is 2.26 bits per heavy atom. The molecule has 0 radical (unpaired) electrons. The molecule has 0 aliphatic carbocycles. The van der Waals surface area contributed by atoms with Crippen molar-refractivity contribution in [3.8, 4) is 17.2 Å². The minimum atomic E-state index is -0.437. The summed E-state index contributed by atoms with van der Waals surface area (Å²) in [5, 5.41) is 0. The first kappa shape index (κ1) is 18.2. The van der Waals surface area contributed by atoms with Crippen LogP contribution in [0.4, 0.5) is 5.69 Å². The van der Waals surface area contributed by atoms with Crippen LogP contribution in [0.15, 0.2) is 77.8 Å². The van der Waals surface area contributed by atoms with Crippen LogP contribution >= 0.6 is 0 Å². The van der Waals surface area contributed by atoms with Crippen molar-refractivity contribution in [1.82, 2.24) is 0 Å². The van der Waals surface area contributed by atoms with Gasteiger partial charge in [-0.1, -0.05) is 18.2 Å². The lowest BCUT2D eigenvalue weighted by Gasteiger charge is -2.10. The summed E-state index contributed by atoms with van der Waals surface area (Å²) in [6.45, 7) is 0. The molecular weight excluding hydrogens is 342 g/mol. The van der Waals surface area contributed by atoms with E-state index in [2.05, 4.69) is 4.99 Å². The van der Waals surface area contributed by atoms with Crippen molar-refractivity contribution in [2.75, 3.05) is 14.2 Å². The van der Waals surface area contributed by atoms with Gasteiger partial charge in [-0.3, -0.25) is 4.99 Å². The van der Waals surface area contributed by atoms with Gasteiger partial charge in [-0.25, -0.2) is 4.79 Å². The number of methoxy groups -OCH3 is 2. The first-order valence-corrected chi connectivity index (χ1v) is 8.33. The number of carbonyl (C=O) groups is 1. The van der Waals surface area contributed by atoms with E-state index < -0.39 is 5.97 Å². The highest BCUT2D eigenvalue weighted by Gasteiger charge is 2.12. The van der Waals surface area contributed by atoms with Gasteiger partial charge in [0.2, 0.25) is 0 Å². The minimum Gasteiger partial charge on any atom is -0.497 e. The Balaban J connectivity index is 1.75. The van der Waals surface area contributed by atoms with E-state index in [0.29, 0.717) is 17.1 Å². The molecule has 0 aliphatic heterocycles. The van der Waals surface area contributed by atoms with Crippen LogP contribution in [0.25, 0.3) is 0 Å². The maximum absolute atomic E-state index is 12.2. The van der Waals surface area contributed by atoms with E-state index >= 15 is 0 Å². The maximum Gasteiger partial charge on any atom is 0.343 e. The Morgan fingerprint density at radius 1 is 0.852 bits per heavy atom. The highest BCUT2D eigenvalue weighted by Crippen LogP contribution is 2.28. The predicted octanol–water partition coefficient (Wildman–Crippen LogP) is 4.67. The van der Waals surface area contributed by atoms with Gasteiger partial charge < -0.3 is 14.2 Å². The molecule has 0 aliphatic rings. The number of rotatable bonds is 6. The highest BCUT2D eigenvalue weighted by atomic mass is 16.6. The summed E-state index contributed by atoms with van der Waals surface area (Å²) in [5.74, 6) is 1.15. The molecule has 27 heavy (non-hydrogen) atoms. The molecule has 0 amide bonds. The molecule has 0 spiro atoms. The SMILES string of the molecule is COc1ccc(N=Cc2ccc(OC(=O)c3ccccc3)c(OC)c2)cc1. The minimum absolute atomic E-state index is 0.355. The number of ether oxygens (including phenoxy) is 3. The fraction of sp³-hybridized carbons (Fsp3) is 0.0909. The number of aliphatic imine (C=N–C) groups is 1. The average molecular weight is 361 g/mol. The maximum atomic E-state index is 12.2. The molecule has 5 heteroatoms. The summed E-state index contributed by atoms with van der Waals surface area (Å²) in [7, 11) is 3.15. The second-order valence-electron chi connectivity index (χ2n) is 5.62. The van der Waals surface area contributed by atoms with Crippen LogP contribution in [0.2, 0.25) is 0 Å². The quantitative estimate of drug-likeness (QED) is 0.364. The molecule has 0 unspecified atom stereocenters. The molecule has 0 heterocycles. The van der Waals surface area contributed by atoms with E-state index in [0.717, 1.165) is 17.0 Å². The molecule has 0 N–H and O–H groups in total. The fourth-order valence-corrected chi connectivity index (χ4v) is 2.40. The molecule has 0 bridgehead atoms. The third-order valence-corrected chi connectivity index (χ3v) is 3.83. The standard InChI is InChI=1S/C22H19NO4/c1-25-19-11-9-18(10-12-19)23-15-16-8-13-20(21(14-16)26-2)27-22(24)17-6-4-3-5-7-17/h3-15H,1-2H3. The predicted molar refractivity (Wildman–Crippen MR) is 105 cm³/mol. The van der Waals surface area contributed by atoms with Gasteiger partial charge in [0.15, 0.2) is 11.5 Å². The third-order valence-electron chi connectivity index (χ3n) is 3.83. The van der Waals surface area contributed by atoms with Gasteiger partial charge >= 0.3 is 5.97 Å². The van der Waals surface area contributed by atoms with Crippen LogP contribution in [-0.2, 0) is 0 Å². The van der Waals surface area contributed by atoms with Gasteiger partial charge in [-0.05, 0) is 60.2 Å². The Hall–Kier alpha value is -3.60. The largest absolute Gasteiger partial charge is 0.497 e. The first-order chi connectivity index (χ1) is 13.2. The van der Waals surface area contributed by atoms with Gasteiger partial charge in [0, 0.05) is 6.21 Å². The number of nitrogens with zero attached hydrogens (tertiary/aromatic N) is 1. The van der Waals surface area contributed by atoms with Crippen molar-refractivity contribution in [1.29, 1.82) is 0 Å². The van der Waals surface area contributed by atoms with E-state index in [1.165, 1.54) is 7.11 Å². The summed E-state index contributed by atoms with van der Waals surface area (Å²) in [5.41, 5.74) is 2.10. The van der Waals surface area contributed by atoms with Crippen molar-refractivity contribution in [3.05, 3.63) is 83.9 Å². The van der Waals surface area contributed by atoms with E-state index in [1.807, 2.05) is 36.4 Å². The molecule has 136 valence electrons. The Morgan fingerprint density at radius 2 is 1.59 bits per heavy atom. The van der Waals surface area contributed by atoms with E-state index in [4.69, 9.17) is 14.2 Å². The summed E-state index contributed by atoms with van der Waals surface area (Å²) < 4.78 is 15.9. The molecule has 3 aromatic rings. The van der Waals surface area contributed by atoms with Gasteiger partial charge in [0.05, 0.1) is 25.5 Å². The number of hydrogen-bond donors (Lipinski definition) is 0.